The highest BCUT2D eigenvalue weighted by Crippen LogP contribution is 2.30. The second kappa shape index (κ2) is 7.28. The first kappa shape index (κ1) is 17.4. The van der Waals surface area contributed by atoms with E-state index in [2.05, 4.69) is 14.9 Å². The number of anilines is 1. The van der Waals surface area contributed by atoms with Crippen LogP contribution in [0.15, 0.2) is 42.7 Å². The Balaban J connectivity index is 1.77. The molecule has 0 aliphatic carbocycles. The second-order valence-electron chi connectivity index (χ2n) is 6.48. The molecule has 2 N–H and O–H groups in total. The van der Waals surface area contributed by atoms with Crippen molar-refractivity contribution in [1.29, 1.82) is 0 Å². The Morgan fingerprint density at radius 3 is 2.74 bits per heavy atom. The molecule has 7 heteroatoms. The molecule has 0 radical (unpaired) electrons. The van der Waals surface area contributed by atoms with Crippen LogP contribution < -0.4 is 10.6 Å². The fraction of sp³-hybridized carbons (Fsp3) is 0.250. The zero-order valence-electron chi connectivity index (χ0n) is 14.7. The maximum absolute atomic E-state index is 14.5. The number of fused-ring (bicyclic) bond motifs is 1. The van der Waals surface area contributed by atoms with Crippen molar-refractivity contribution in [2.24, 2.45) is 5.73 Å². The molecule has 4 rings (SSSR count). The third-order valence-corrected chi connectivity index (χ3v) is 4.66. The van der Waals surface area contributed by atoms with Gasteiger partial charge in [0.2, 0.25) is 5.91 Å². The number of halogens is 1. The minimum absolute atomic E-state index is 0.0531. The van der Waals surface area contributed by atoms with Gasteiger partial charge in [0.1, 0.15) is 12.1 Å². The number of rotatable bonds is 4. The summed E-state index contributed by atoms with van der Waals surface area (Å²) in [4.78, 5) is 22.1. The number of primary amides is 1. The minimum atomic E-state index is -0.463. The van der Waals surface area contributed by atoms with Crippen molar-refractivity contribution in [3.63, 3.8) is 0 Å². The molecule has 2 aromatic carbocycles. The Kier molecular flexibility index (Phi) is 4.68. The molecule has 3 aromatic rings. The van der Waals surface area contributed by atoms with Gasteiger partial charge in [-0.3, -0.25) is 4.79 Å². The molecule has 27 heavy (non-hydrogen) atoms. The summed E-state index contributed by atoms with van der Waals surface area (Å²) in [5.74, 6) is -0.865. The maximum Gasteiger partial charge on any atom is 0.221 e. The van der Waals surface area contributed by atoms with Gasteiger partial charge in [0.25, 0.3) is 0 Å². The van der Waals surface area contributed by atoms with E-state index in [4.69, 9.17) is 10.5 Å². The average molecular weight is 366 g/mol. The molecule has 1 aliphatic heterocycles. The number of morpholine rings is 1. The lowest BCUT2D eigenvalue weighted by molar-refractivity contribution is -0.117. The summed E-state index contributed by atoms with van der Waals surface area (Å²) in [6, 6.07) is 10.4. The van der Waals surface area contributed by atoms with Crippen molar-refractivity contribution in [2.45, 2.75) is 6.42 Å². The quantitative estimate of drug-likeness (QED) is 0.766. The monoisotopic (exact) mass is 366 g/mol. The van der Waals surface area contributed by atoms with Crippen LogP contribution in [0.1, 0.15) is 5.56 Å². The van der Waals surface area contributed by atoms with E-state index in [0.717, 1.165) is 29.7 Å². The Morgan fingerprint density at radius 2 is 1.96 bits per heavy atom. The molecule has 138 valence electrons. The first-order chi connectivity index (χ1) is 13.1. The van der Waals surface area contributed by atoms with Crippen LogP contribution in [0.2, 0.25) is 0 Å². The Labute approximate surface area is 155 Å². The number of hydrogen-bond acceptors (Lipinski definition) is 5. The topological polar surface area (TPSA) is 81.3 Å². The highest BCUT2D eigenvalue weighted by molar-refractivity contribution is 5.94. The normalized spacial score (nSPS) is 14.5. The Morgan fingerprint density at radius 1 is 1.15 bits per heavy atom. The summed E-state index contributed by atoms with van der Waals surface area (Å²) >= 11 is 0. The van der Waals surface area contributed by atoms with Crippen molar-refractivity contribution in [1.82, 2.24) is 9.97 Å². The van der Waals surface area contributed by atoms with Crippen LogP contribution in [-0.4, -0.2) is 42.2 Å². The van der Waals surface area contributed by atoms with Crippen LogP contribution in [0.25, 0.3) is 22.2 Å². The van der Waals surface area contributed by atoms with Crippen molar-refractivity contribution in [2.75, 3.05) is 31.2 Å². The van der Waals surface area contributed by atoms with Gasteiger partial charge in [0, 0.05) is 29.7 Å². The molecule has 1 saturated heterocycles. The van der Waals surface area contributed by atoms with Crippen LogP contribution in [0, 0.1) is 5.82 Å². The van der Waals surface area contributed by atoms with E-state index in [9.17, 15) is 9.18 Å². The van der Waals surface area contributed by atoms with Crippen LogP contribution in [0.4, 0.5) is 10.1 Å². The molecule has 0 spiro atoms. The number of aromatic nitrogens is 2. The molecule has 0 bridgehead atoms. The zero-order chi connectivity index (χ0) is 18.8. The van der Waals surface area contributed by atoms with Gasteiger partial charge in [-0.25, -0.2) is 14.4 Å². The fourth-order valence-corrected chi connectivity index (χ4v) is 3.34. The van der Waals surface area contributed by atoms with Gasteiger partial charge in [0.15, 0.2) is 0 Å². The van der Waals surface area contributed by atoms with Crippen molar-refractivity contribution >= 4 is 22.5 Å². The molecule has 0 unspecified atom stereocenters. The number of carbonyl (C=O) groups excluding carboxylic acids is 1. The molecule has 6 nitrogen and oxygen atoms in total. The zero-order valence-corrected chi connectivity index (χ0v) is 14.7. The smallest absolute Gasteiger partial charge is 0.221 e. The largest absolute Gasteiger partial charge is 0.378 e. The molecule has 0 saturated carbocycles. The highest BCUT2D eigenvalue weighted by Gasteiger charge is 2.15. The third-order valence-electron chi connectivity index (χ3n) is 4.66. The van der Waals surface area contributed by atoms with Crippen molar-refractivity contribution in [3.05, 3.63) is 54.1 Å². The second-order valence-corrected chi connectivity index (χ2v) is 6.48. The van der Waals surface area contributed by atoms with Crippen molar-refractivity contribution in [3.8, 4) is 11.3 Å². The lowest BCUT2D eigenvalue weighted by atomic mass is 10.0. The van der Waals surface area contributed by atoms with Crippen LogP contribution in [0.3, 0.4) is 0 Å². The summed E-state index contributed by atoms with van der Waals surface area (Å²) in [5.41, 5.74) is 8.53. The summed E-state index contributed by atoms with van der Waals surface area (Å²) in [7, 11) is 0. The first-order valence-electron chi connectivity index (χ1n) is 8.76. The van der Waals surface area contributed by atoms with E-state index < -0.39 is 11.7 Å². The number of hydrogen-bond donors (Lipinski definition) is 1. The van der Waals surface area contributed by atoms with Crippen LogP contribution in [0.5, 0.6) is 0 Å². The Hall–Kier alpha value is -3.06. The van der Waals surface area contributed by atoms with E-state index in [0.29, 0.717) is 30.0 Å². The van der Waals surface area contributed by atoms with E-state index in [1.165, 1.54) is 12.4 Å². The SMILES string of the molecule is NC(=O)Cc1ccc(F)c(-c2ncnc3cc(N4CCOCC4)ccc23)c1. The van der Waals surface area contributed by atoms with Gasteiger partial charge in [-0.15, -0.1) is 0 Å². The summed E-state index contributed by atoms with van der Waals surface area (Å²) < 4.78 is 19.9. The summed E-state index contributed by atoms with van der Waals surface area (Å²) in [6.07, 6.45) is 1.48. The molecule has 2 heterocycles. The fourth-order valence-electron chi connectivity index (χ4n) is 3.34. The molecular weight excluding hydrogens is 347 g/mol. The first-order valence-corrected chi connectivity index (χ1v) is 8.76. The molecular formula is C20H19FN4O2. The number of nitrogens with zero attached hydrogens (tertiary/aromatic N) is 3. The van der Waals surface area contributed by atoms with Gasteiger partial charge in [-0.05, 0) is 35.9 Å². The summed E-state index contributed by atoms with van der Waals surface area (Å²) in [6.45, 7) is 3.05. The number of nitrogens with two attached hydrogens (primary N) is 1. The number of carbonyl (C=O) groups is 1. The average Bonchev–Trinajstić information content (AvgIpc) is 2.69. The van der Waals surface area contributed by atoms with Crippen LogP contribution in [-0.2, 0) is 16.0 Å². The molecule has 1 aromatic heterocycles. The van der Waals surface area contributed by atoms with E-state index in [1.54, 1.807) is 12.1 Å². The van der Waals surface area contributed by atoms with Gasteiger partial charge in [0.05, 0.1) is 30.8 Å². The minimum Gasteiger partial charge on any atom is -0.378 e. The highest BCUT2D eigenvalue weighted by atomic mass is 19.1. The number of amides is 1. The van der Waals surface area contributed by atoms with Gasteiger partial charge >= 0.3 is 0 Å². The number of benzene rings is 2. The predicted molar refractivity (Wildman–Crippen MR) is 101 cm³/mol. The van der Waals surface area contributed by atoms with Gasteiger partial charge in [-0.1, -0.05) is 6.07 Å². The standard InChI is InChI=1S/C20H19FN4O2/c21-17-4-1-13(10-19(22)26)9-16(17)20-15-3-2-14(11-18(15)23-12-24-20)25-5-7-27-8-6-25/h1-4,9,11-12H,5-8,10H2,(H2,22,26). The van der Waals surface area contributed by atoms with Crippen molar-refractivity contribution < 1.29 is 13.9 Å². The lowest BCUT2D eigenvalue weighted by Gasteiger charge is -2.29. The maximum atomic E-state index is 14.5. The van der Waals surface area contributed by atoms with Gasteiger partial charge in [-0.2, -0.15) is 0 Å². The predicted octanol–water partition coefficient (Wildman–Crippen LogP) is 2.30. The summed E-state index contributed by atoms with van der Waals surface area (Å²) in [5, 5.41) is 0.754. The van der Waals surface area contributed by atoms with Crippen LogP contribution >= 0.6 is 0 Å². The molecule has 0 atom stereocenters. The van der Waals surface area contributed by atoms with Gasteiger partial charge < -0.3 is 15.4 Å². The molecule has 1 amide bonds. The lowest BCUT2D eigenvalue weighted by Crippen LogP contribution is -2.36. The molecule has 1 aliphatic rings. The molecule has 1 fully saturated rings. The number of ether oxygens (including phenoxy) is 1. The Bertz CT molecular complexity index is 1000. The third kappa shape index (κ3) is 3.59. The van der Waals surface area contributed by atoms with E-state index >= 15 is 0 Å². The van der Waals surface area contributed by atoms with E-state index in [-0.39, 0.29) is 6.42 Å². The van der Waals surface area contributed by atoms with E-state index in [1.807, 2.05) is 18.2 Å².